The van der Waals surface area contributed by atoms with Crippen molar-refractivity contribution in [3.63, 3.8) is 0 Å². The lowest BCUT2D eigenvalue weighted by atomic mass is 9.93. The molecular formula is C22H19ClN2O. The van der Waals surface area contributed by atoms with E-state index in [0.29, 0.717) is 17.1 Å². The van der Waals surface area contributed by atoms with E-state index in [1.165, 1.54) is 5.56 Å². The van der Waals surface area contributed by atoms with Crippen molar-refractivity contribution in [1.82, 2.24) is 5.32 Å². The van der Waals surface area contributed by atoms with Gasteiger partial charge >= 0.3 is 0 Å². The van der Waals surface area contributed by atoms with Crippen molar-refractivity contribution < 1.29 is 4.79 Å². The second-order valence-electron chi connectivity index (χ2n) is 6.62. The lowest BCUT2D eigenvalue weighted by molar-refractivity contribution is 0.0886. The van der Waals surface area contributed by atoms with Gasteiger partial charge in [-0.3, -0.25) is 4.79 Å². The number of anilines is 1. The Morgan fingerprint density at radius 2 is 1.58 bits per heavy atom. The highest BCUT2D eigenvalue weighted by Crippen LogP contribution is 2.38. The summed E-state index contributed by atoms with van der Waals surface area (Å²) in [5.41, 5.74) is 3.11. The van der Waals surface area contributed by atoms with Crippen molar-refractivity contribution in [2.75, 3.05) is 4.90 Å². The minimum Gasteiger partial charge on any atom is -0.340 e. The Balaban J connectivity index is 1.86. The highest BCUT2D eigenvalue weighted by atomic mass is 35.5. The van der Waals surface area contributed by atoms with Gasteiger partial charge in [0.1, 0.15) is 5.66 Å². The van der Waals surface area contributed by atoms with Crippen molar-refractivity contribution in [3.8, 4) is 0 Å². The minimum absolute atomic E-state index is 0.0673. The second kappa shape index (κ2) is 6.50. The summed E-state index contributed by atoms with van der Waals surface area (Å²) < 4.78 is 0. The maximum absolute atomic E-state index is 12.8. The van der Waals surface area contributed by atoms with Crippen molar-refractivity contribution in [1.29, 1.82) is 0 Å². The van der Waals surface area contributed by atoms with Crippen LogP contribution in [-0.2, 0) is 12.2 Å². The number of hydrogen-bond donors (Lipinski definition) is 1. The average Bonchev–Trinajstić information content (AvgIpc) is 2.66. The number of nitrogens with zero attached hydrogens (tertiary/aromatic N) is 1. The number of carbonyl (C=O) groups is 1. The summed E-state index contributed by atoms with van der Waals surface area (Å²) in [5, 5.41) is 3.87. The zero-order valence-corrected chi connectivity index (χ0v) is 15.2. The molecule has 3 aromatic carbocycles. The van der Waals surface area contributed by atoms with Gasteiger partial charge in [-0.15, -0.1) is 0 Å². The molecule has 0 saturated carbocycles. The number of amides is 1. The normalized spacial score (nSPS) is 19.0. The molecule has 0 radical (unpaired) electrons. The molecule has 0 fully saturated rings. The Labute approximate surface area is 158 Å². The smallest absolute Gasteiger partial charge is 0.255 e. The number of hydrogen-bond acceptors (Lipinski definition) is 2. The van der Waals surface area contributed by atoms with E-state index in [4.69, 9.17) is 11.6 Å². The van der Waals surface area contributed by atoms with E-state index in [1.807, 2.05) is 73.7 Å². The van der Waals surface area contributed by atoms with Gasteiger partial charge in [-0.05, 0) is 42.3 Å². The molecule has 1 heterocycles. The molecule has 130 valence electrons. The van der Waals surface area contributed by atoms with Crippen LogP contribution in [0.2, 0.25) is 5.02 Å². The van der Waals surface area contributed by atoms with Crippen LogP contribution < -0.4 is 10.2 Å². The lowest BCUT2D eigenvalue weighted by Crippen LogP contribution is -2.59. The molecule has 4 rings (SSSR count). The molecule has 1 N–H and O–H groups in total. The van der Waals surface area contributed by atoms with E-state index in [1.54, 1.807) is 0 Å². The molecule has 0 spiro atoms. The van der Waals surface area contributed by atoms with Gasteiger partial charge in [0.15, 0.2) is 0 Å². The number of nitrogens with one attached hydrogen (secondary N) is 1. The molecule has 0 bridgehead atoms. The molecule has 26 heavy (non-hydrogen) atoms. The first kappa shape index (κ1) is 16.7. The van der Waals surface area contributed by atoms with Crippen LogP contribution >= 0.6 is 11.6 Å². The topological polar surface area (TPSA) is 32.3 Å². The van der Waals surface area contributed by atoms with Gasteiger partial charge in [-0.2, -0.15) is 0 Å². The van der Waals surface area contributed by atoms with E-state index in [9.17, 15) is 4.79 Å². The fraction of sp³-hybridized carbons (Fsp3) is 0.136. The monoisotopic (exact) mass is 362 g/mol. The number of para-hydroxylation sites is 1. The van der Waals surface area contributed by atoms with Crippen LogP contribution in [0.3, 0.4) is 0 Å². The fourth-order valence-electron chi connectivity index (χ4n) is 3.51. The van der Waals surface area contributed by atoms with Crippen molar-refractivity contribution in [2.45, 2.75) is 19.1 Å². The summed E-state index contributed by atoms with van der Waals surface area (Å²) in [6.45, 7) is 2.71. The standard InChI is InChI=1S/C22H19ClN2O/c1-22(17-11-13-18(23)14-12-17)24-21(26)19-9-5-6-10-20(19)25(22)15-16-7-3-2-4-8-16/h2-14H,15H2,1H3,(H,24,26). The number of fused-ring (bicyclic) bond motifs is 1. The second-order valence-corrected chi connectivity index (χ2v) is 7.06. The molecular weight excluding hydrogens is 344 g/mol. The molecule has 4 heteroatoms. The van der Waals surface area contributed by atoms with Gasteiger partial charge in [-0.25, -0.2) is 0 Å². The molecule has 1 aliphatic rings. The van der Waals surface area contributed by atoms with Crippen LogP contribution in [-0.4, -0.2) is 5.91 Å². The van der Waals surface area contributed by atoms with Crippen molar-refractivity contribution in [3.05, 3.63) is 101 Å². The summed E-state index contributed by atoms with van der Waals surface area (Å²) in [6.07, 6.45) is 0. The van der Waals surface area contributed by atoms with Gasteiger partial charge in [0.05, 0.1) is 11.3 Å². The van der Waals surface area contributed by atoms with Crippen molar-refractivity contribution in [2.24, 2.45) is 0 Å². The van der Waals surface area contributed by atoms with Gasteiger partial charge in [0.25, 0.3) is 5.91 Å². The van der Waals surface area contributed by atoms with Crippen molar-refractivity contribution >= 4 is 23.2 Å². The zero-order chi connectivity index (χ0) is 18.1. The summed E-state index contributed by atoms with van der Waals surface area (Å²) in [6, 6.07) is 25.6. The van der Waals surface area contributed by atoms with Crippen LogP contribution in [0, 0.1) is 0 Å². The maximum atomic E-state index is 12.8. The summed E-state index contributed by atoms with van der Waals surface area (Å²) in [7, 11) is 0. The molecule has 1 aliphatic heterocycles. The summed E-state index contributed by atoms with van der Waals surface area (Å²) >= 11 is 6.07. The number of rotatable bonds is 3. The number of carbonyl (C=O) groups excluding carboxylic acids is 1. The Bertz CT molecular complexity index is 940. The van der Waals surface area contributed by atoms with Crippen LogP contribution in [0.25, 0.3) is 0 Å². The Kier molecular flexibility index (Phi) is 4.17. The third kappa shape index (κ3) is 2.85. The number of benzene rings is 3. The Morgan fingerprint density at radius 3 is 2.31 bits per heavy atom. The van der Waals surface area contributed by atoms with E-state index >= 15 is 0 Å². The largest absolute Gasteiger partial charge is 0.340 e. The van der Waals surface area contributed by atoms with Crippen LogP contribution in [0.1, 0.15) is 28.4 Å². The van der Waals surface area contributed by atoms with Crippen LogP contribution in [0.5, 0.6) is 0 Å². The minimum atomic E-state index is -0.675. The Hall–Kier alpha value is -2.78. The SMILES string of the molecule is CC1(c2ccc(Cl)cc2)NC(=O)c2ccccc2N1Cc1ccccc1. The molecule has 3 nitrogen and oxygen atoms in total. The third-order valence-electron chi connectivity index (χ3n) is 4.93. The predicted molar refractivity (Wildman–Crippen MR) is 105 cm³/mol. The molecule has 0 aliphatic carbocycles. The van der Waals surface area contributed by atoms with E-state index < -0.39 is 5.66 Å². The quantitative estimate of drug-likeness (QED) is 0.714. The third-order valence-corrected chi connectivity index (χ3v) is 5.18. The first-order valence-corrected chi connectivity index (χ1v) is 8.95. The molecule has 0 saturated heterocycles. The van der Waals surface area contributed by atoms with E-state index in [-0.39, 0.29) is 5.91 Å². The average molecular weight is 363 g/mol. The molecule has 3 aromatic rings. The highest BCUT2D eigenvalue weighted by molar-refractivity contribution is 6.30. The highest BCUT2D eigenvalue weighted by Gasteiger charge is 2.41. The maximum Gasteiger partial charge on any atom is 0.255 e. The van der Waals surface area contributed by atoms with E-state index in [2.05, 4.69) is 22.3 Å². The first-order chi connectivity index (χ1) is 12.6. The molecule has 1 amide bonds. The summed E-state index contributed by atoms with van der Waals surface area (Å²) in [4.78, 5) is 15.0. The zero-order valence-electron chi connectivity index (χ0n) is 14.4. The molecule has 1 atom stereocenters. The van der Waals surface area contributed by atoms with E-state index in [0.717, 1.165) is 11.3 Å². The summed E-state index contributed by atoms with van der Waals surface area (Å²) in [5.74, 6) is -0.0673. The number of halogens is 1. The predicted octanol–water partition coefficient (Wildman–Crippen LogP) is 4.96. The fourth-order valence-corrected chi connectivity index (χ4v) is 3.64. The Morgan fingerprint density at radius 1 is 0.923 bits per heavy atom. The van der Waals surface area contributed by atoms with Gasteiger partial charge < -0.3 is 10.2 Å². The lowest BCUT2D eigenvalue weighted by Gasteiger charge is -2.47. The van der Waals surface area contributed by atoms with Crippen LogP contribution in [0.15, 0.2) is 78.9 Å². The molecule has 1 unspecified atom stereocenters. The molecule has 0 aromatic heterocycles. The van der Waals surface area contributed by atoms with Crippen LogP contribution in [0.4, 0.5) is 5.69 Å². The first-order valence-electron chi connectivity index (χ1n) is 8.57. The van der Waals surface area contributed by atoms with Gasteiger partial charge in [0, 0.05) is 11.6 Å². The van der Waals surface area contributed by atoms with Gasteiger partial charge in [0.2, 0.25) is 0 Å². The van der Waals surface area contributed by atoms with Gasteiger partial charge in [-0.1, -0.05) is 66.2 Å².